The van der Waals surface area contributed by atoms with Gasteiger partial charge in [-0.1, -0.05) is 11.8 Å². The predicted octanol–water partition coefficient (Wildman–Crippen LogP) is 2.80. The molecule has 1 saturated carbocycles. The zero-order valence-corrected chi connectivity index (χ0v) is 9.24. The van der Waals surface area contributed by atoms with E-state index in [4.69, 9.17) is 4.74 Å². The molecule has 0 radical (unpaired) electrons. The molecule has 0 aliphatic heterocycles. The number of methoxy groups -OCH3 is 1. The van der Waals surface area contributed by atoms with Gasteiger partial charge in [0, 0.05) is 23.9 Å². The standard InChI is InChI=1S/C9H13NOS2/c1-11-7-3-2-4-8(7)13-9-10-5-6-12-9/h5-8H,2-4H2,1H3. The van der Waals surface area contributed by atoms with Gasteiger partial charge in [-0.15, -0.1) is 11.3 Å². The van der Waals surface area contributed by atoms with Gasteiger partial charge in [-0.2, -0.15) is 0 Å². The smallest absolute Gasteiger partial charge is 0.150 e. The zero-order chi connectivity index (χ0) is 9.10. The SMILES string of the molecule is COC1CCCC1Sc1nccs1. The highest BCUT2D eigenvalue weighted by Gasteiger charge is 2.28. The van der Waals surface area contributed by atoms with Gasteiger partial charge in [0.15, 0.2) is 0 Å². The summed E-state index contributed by atoms with van der Waals surface area (Å²) in [5.74, 6) is 0. The van der Waals surface area contributed by atoms with E-state index in [1.54, 1.807) is 11.3 Å². The van der Waals surface area contributed by atoms with Crippen molar-refractivity contribution in [2.45, 2.75) is 35.0 Å². The number of rotatable bonds is 3. The van der Waals surface area contributed by atoms with Crippen molar-refractivity contribution < 1.29 is 4.74 Å². The molecule has 4 heteroatoms. The van der Waals surface area contributed by atoms with Gasteiger partial charge in [-0.25, -0.2) is 4.98 Å². The summed E-state index contributed by atoms with van der Waals surface area (Å²) >= 11 is 3.59. The molecular formula is C9H13NOS2. The Morgan fingerprint density at radius 2 is 2.54 bits per heavy atom. The lowest BCUT2D eigenvalue weighted by Crippen LogP contribution is -2.18. The topological polar surface area (TPSA) is 22.1 Å². The van der Waals surface area contributed by atoms with Crippen LogP contribution in [0.2, 0.25) is 0 Å². The van der Waals surface area contributed by atoms with Gasteiger partial charge in [-0.05, 0) is 19.3 Å². The van der Waals surface area contributed by atoms with E-state index in [0.717, 1.165) is 0 Å². The summed E-state index contributed by atoms with van der Waals surface area (Å²) in [5.41, 5.74) is 0. The van der Waals surface area contributed by atoms with Crippen LogP contribution in [-0.4, -0.2) is 23.4 Å². The van der Waals surface area contributed by atoms with Crippen LogP contribution in [0, 0.1) is 0 Å². The first-order chi connectivity index (χ1) is 6.40. The van der Waals surface area contributed by atoms with Gasteiger partial charge in [0.25, 0.3) is 0 Å². The Morgan fingerprint density at radius 3 is 3.23 bits per heavy atom. The van der Waals surface area contributed by atoms with Crippen molar-refractivity contribution in [2.24, 2.45) is 0 Å². The van der Waals surface area contributed by atoms with Gasteiger partial charge in [0.1, 0.15) is 4.34 Å². The fraction of sp³-hybridized carbons (Fsp3) is 0.667. The van der Waals surface area contributed by atoms with Crippen LogP contribution in [0.4, 0.5) is 0 Å². The molecule has 0 N–H and O–H groups in total. The average Bonchev–Trinajstić information content (AvgIpc) is 2.76. The molecule has 13 heavy (non-hydrogen) atoms. The maximum Gasteiger partial charge on any atom is 0.150 e. The summed E-state index contributed by atoms with van der Waals surface area (Å²) in [6, 6.07) is 0. The van der Waals surface area contributed by atoms with Gasteiger partial charge in [0.2, 0.25) is 0 Å². The van der Waals surface area contributed by atoms with Crippen molar-refractivity contribution in [2.75, 3.05) is 7.11 Å². The summed E-state index contributed by atoms with van der Waals surface area (Å²) in [7, 11) is 1.81. The molecule has 0 bridgehead atoms. The number of ether oxygens (including phenoxy) is 1. The van der Waals surface area contributed by atoms with E-state index in [9.17, 15) is 0 Å². The molecular weight excluding hydrogens is 202 g/mol. The van der Waals surface area contributed by atoms with E-state index in [1.807, 2.05) is 30.4 Å². The van der Waals surface area contributed by atoms with Crippen LogP contribution in [-0.2, 0) is 4.74 Å². The number of aromatic nitrogens is 1. The van der Waals surface area contributed by atoms with Crippen molar-refractivity contribution in [3.05, 3.63) is 11.6 Å². The molecule has 0 aromatic carbocycles. The van der Waals surface area contributed by atoms with Crippen molar-refractivity contribution in [3.63, 3.8) is 0 Å². The third kappa shape index (κ3) is 2.24. The van der Waals surface area contributed by atoms with E-state index in [1.165, 1.54) is 23.6 Å². The quantitative estimate of drug-likeness (QED) is 0.774. The minimum Gasteiger partial charge on any atom is -0.380 e. The Morgan fingerprint density at radius 1 is 1.62 bits per heavy atom. The second-order valence-electron chi connectivity index (χ2n) is 3.16. The Kier molecular flexibility index (Phi) is 3.24. The van der Waals surface area contributed by atoms with Crippen LogP contribution in [0.5, 0.6) is 0 Å². The second-order valence-corrected chi connectivity index (χ2v) is 5.54. The Bertz CT molecular complexity index is 250. The van der Waals surface area contributed by atoms with E-state index >= 15 is 0 Å². The van der Waals surface area contributed by atoms with Crippen LogP contribution >= 0.6 is 23.1 Å². The number of hydrogen-bond donors (Lipinski definition) is 0. The second kappa shape index (κ2) is 4.44. The van der Waals surface area contributed by atoms with Crippen molar-refractivity contribution in [1.29, 1.82) is 0 Å². The molecule has 0 spiro atoms. The molecule has 1 aliphatic carbocycles. The third-order valence-electron chi connectivity index (χ3n) is 2.36. The molecule has 1 aromatic heterocycles. The number of nitrogens with zero attached hydrogens (tertiary/aromatic N) is 1. The van der Waals surface area contributed by atoms with Crippen LogP contribution in [0.3, 0.4) is 0 Å². The average molecular weight is 215 g/mol. The van der Waals surface area contributed by atoms with E-state index in [0.29, 0.717) is 11.4 Å². The normalized spacial score (nSPS) is 28.1. The molecule has 72 valence electrons. The van der Waals surface area contributed by atoms with Crippen LogP contribution in [0.1, 0.15) is 19.3 Å². The van der Waals surface area contributed by atoms with Crippen molar-refractivity contribution in [3.8, 4) is 0 Å². The molecule has 2 rings (SSSR count). The first-order valence-electron chi connectivity index (χ1n) is 4.49. The van der Waals surface area contributed by atoms with Crippen molar-refractivity contribution in [1.82, 2.24) is 4.98 Å². The number of thioether (sulfide) groups is 1. The summed E-state index contributed by atoms with van der Waals surface area (Å²) in [5, 5.41) is 2.65. The van der Waals surface area contributed by atoms with Crippen molar-refractivity contribution >= 4 is 23.1 Å². The lowest BCUT2D eigenvalue weighted by Gasteiger charge is -2.15. The summed E-state index contributed by atoms with van der Waals surface area (Å²) in [6.07, 6.45) is 6.07. The molecule has 0 amide bonds. The molecule has 1 aliphatic rings. The lowest BCUT2D eigenvalue weighted by molar-refractivity contribution is 0.113. The first-order valence-corrected chi connectivity index (χ1v) is 6.25. The molecule has 1 aromatic rings. The van der Waals surface area contributed by atoms with Crippen LogP contribution in [0.25, 0.3) is 0 Å². The number of thiazole rings is 1. The molecule has 2 unspecified atom stereocenters. The maximum atomic E-state index is 5.43. The first kappa shape index (κ1) is 9.49. The molecule has 1 fully saturated rings. The highest BCUT2D eigenvalue weighted by Crippen LogP contribution is 2.36. The fourth-order valence-electron chi connectivity index (χ4n) is 1.69. The highest BCUT2D eigenvalue weighted by atomic mass is 32.2. The fourth-order valence-corrected chi connectivity index (χ4v) is 3.88. The minimum atomic E-state index is 0.439. The minimum absolute atomic E-state index is 0.439. The molecule has 1 heterocycles. The summed E-state index contributed by atoms with van der Waals surface area (Å²) in [4.78, 5) is 4.27. The van der Waals surface area contributed by atoms with Gasteiger partial charge in [-0.3, -0.25) is 0 Å². The van der Waals surface area contributed by atoms with E-state index in [2.05, 4.69) is 4.98 Å². The van der Waals surface area contributed by atoms with E-state index in [-0.39, 0.29) is 0 Å². The van der Waals surface area contributed by atoms with Crippen LogP contribution in [0.15, 0.2) is 15.9 Å². The molecule has 2 nitrogen and oxygen atoms in total. The Balaban J connectivity index is 1.94. The Hall–Kier alpha value is -0.0600. The molecule has 0 saturated heterocycles. The summed E-state index contributed by atoms with van der Waals surface area (Å²) in [6.45, 7) is 0. The molecule has 2 atom stereocenters. The van der Waals surface area contributed by atoms with Crippen LogP contribution < -0.4 is 0 Å². The maximum absolute atomic E-state index is 5.43. The van der Waals surface area contributed by atoms with Gasteiger partial charge in [0.05, 0.1) is 6.10 Å². The third-order valence-corrected chi connectivity index (χ3v) is 4.65. The zero-order valence-electron chi connectivity index (χ0n) is 7.60. The lowest BCUT2D eigenvalue weighted by atomic mass is 10.3. The summed E-state index contributed by atoms with van der Waals surface area (Å²) < 4.78 is 6.60. The van der Waals surface area contributed by atoms with Gasteiger partial charge >= 0.3 is 0 Å². The largest absolute Gasteiger partial charge is 0.380 e. The highest BCUT2D eigenvalue weighted by molar-refractivity contribution is 8.01. The number of hydrogen-bond acceptors (Lipinski definition) is 4. The Labute approximate surface area is 86.7 Å². The van der Waals surface area contributed by atoms with Gasteiger partial charge < -0.3 is 4.74 Å². The van der Waals surface area contributed by atoms with E-state index < -0.39 is 0 Å². The predicted molar refractivity (Wildman–Crippen MR) is 56.4 cm³/mol. The monoisotopic (exact) mass is 215 g/mol.